The van der Waals surface area contributed by atoms with E-state index in [2.05, 4.69) is 4.98 Å². The van der Waals surface area contributed by atoms with Gasteiger partial charge < -0.3 is 13.7 Å². The van der Waals surface area contributed by atoms with Crippen molar-refractivity contribution in [3.05, 3.63) is 61.4 Å². The summed E-state index contributed by atoms with van der Waals surface area (Å²) in [4.78, 5) is 26.6. The zero-order valence-corrected chi connectivity index (χ0v) is 14.1. The first-order chi connectivity index (χ1) is 11.5. The van der Waals surface area contributed by atoms with Crippen molar-refractivity contribution < 1.29 is 9.15 Å². The fraction of sp³-hybridized carbons (Fsp3) is 0.294. The van der Waals surface area contributed by atoms with E-state index >= 15 is 0 Å². The van der Waals surface area contributed by atoms with Crippen molar-refractivity contribution in [1.29, 1.82) is 0 Å². The summed E-state index contributed by atoms with van der Waals surface area (Å²) < 4.78 is 12.2. The number of nitrogens with zero attached hydrogens (tertiary/aromatic N) is 1. The average Bonchev–Trinajstić information content (AvgIpc) is 2.95. The molecule has 24 heavy (non-hydrogen) atoms. The highest BCUT2D eigenvalue weighted by Gasteiger charge is 2.16. The first-order valence-corrected chi connectivity index (χ1v) is 8.08. The monoisotopic (exact) mass is 348 g/mol. The van der Waals surface area contributed by atoms with Gasteiger partial charge in [0.15, 0.2) is 11.1 Å². The highest BCUT2D eigenvalue weighted by Crippen LogP contribution is 2.27. The smallest absolute Gasteiger partial charge is 0.417 e. The van der Waals surface area contributed by atoms with E-state index in [4.69, 9.17) is 20.8 Å². The van der Waals surface area contributed by atoms with Crippen LogP contribution in [0.1, 0.15) is 25.0 Å². The fourth-order valence-corrected chi connectivity index (χ4v) is 2.90. The van der Waals surface area contributed by atoms with Crippen LogP contribution < -0.4 is 16.1 Å². The number of benzene rings is 1. The molecule has 0 aliphatic heterocycles. The lowest BCUT2D eigenvalue weighted by Gasteiger charge is -2.14. The van der Waals surface area contributed by atoms with Gasteiger partial charge in [0, 0.05) is 22.3 Å². The number of pyridine rings is 1. The highest BCUT2D eigenvalue weighted by atomic mass is 35.5. The SMILES string of the molecule is CCOc1cccc(Cl)c1Cn1cc(CC)c2oc(=O)[nH]c2c1=O. The van der Waals surface area contributed by atoms with Gasteiger partial charge in [0.1, 0.15) is 5.75 Å². The van der Waals surface area contributed by atoms with Crippen LogP contribution >= 0.6 is 11.6 Å². The molecule has 0 aliphatic rings. The molecule has 2 heterocycles. The molecule has 2 aromatic heterocycles. The normalized spacial score (nSPS) is 11.1. The quantitative estimate of drug-likeness (QED) is 0.769. The summed E-state index contributed by atoms with van der Waals surface area (Å²) in [6, 6.07) is 5.37. The molecule has 0 radical (unpaired) electrons. The molecule has 6 nitrogen and oxygen atoms in total. The van der Waals surface area contributed by atoms with E-state index in [1.54, 1.807) is 18.3 Å². The summed E-state index contributed by atoms with van der Waals surface area (Å²) in [5.74, 6) is -0.00182. The topological polar surface area (TPSA) is 77.2 Å². The summed E-state index contributed by atoms with van der Waals surface area (Å²) in [5.41, 5.74) is 1.64. The summed E-state index contributed by atoms with van der Waals surface area (Å²) in [5, 5.41) is 0.520. The number of aryl methyl sites for hydroxylation is 1. The molecule has 3 rings (SSSR count). The van der Waals surface area contributed by atoms with Crippen molar-refractivity contribution in [1.82, 2.24) is 9.55 Å². The van der Waals surface area contributed by atoms with E-state index in [0.29, 0.717) is 29.4 Å². The number of ether oxygens (including phenoxy) is 1. The average molecular weight is 349 g/mol. The lowest BCUT2D eigenvalue weighted by molar-refractivity contribution is 0.335. The Balaban J connectivity index is 2.16. The van der Waals surface area contributed by atoms with Gasteiger partial charge in [0.05, 0.1) is 13.2 Å². The predicted molar refractivity (Wildman–Crippen MR) is 92.2 cm³/mol. The van der Waals surface area contributed by atoms with Crippen molar-refractivity contribution >= 4 is 22.7 Å². The number of hydrogen-bond donors (Lipinski definition) is 1. The van der Waals surface area contributed by atoms with Gasteiger partial charge in [-0.1, -0.05) is 24.6 Å². The van der Waals surface area contributed by atoms with E-state index < -0.39 is 5.76 Å². The molecule has 1 aromatic carbocycles. The maximum atomic E-state index is 12.6. The molecule has 0 bridgehead atoms. The Hall–Kier alpha value is -2.47. The van der Waals surface area contributed by atoms with Gasteiger partial charge in [0.25, 0.3) is 5.56 Å². The fourth-order valence-electron chi connectivity index (χ4n) is 2.68. The Labute approximate surface area is 142 Å². The molecule has 0 aliphatic carbocycles. The number of aromatic amines is 1. The maximum Gasteiger partial charge on any atom is 0.417 e. The van der Waals surface area contributed by atoms with Gasteiger partial charge >= 0.3 is 5.76 Å². The third-order valence-electron chi connectivity index (χ3n) is 3.81. The lowest BCUT2D eigenvalue weighted by atomic mass is 10.1. The van der Waals surface area contributed by atoms with Crippen LogP contribution in [-0.4, -0.2) is 16.2 Å². The van der Waals surface area contributed by atoms with Crippen molar-refractivity contribution in [2.24, 2.45) is 0 Å². The molecule has 0 amide bonds. The predicted octanol–water partition coefficient (Wildman–Crippen LogP) is 2.95. The third kappa shape index (κ3) is 2.85. The van der Waals surface area contributed by atoms with Crippen molar-refractivity contribution in [2.45, 2.75) is 26.8 Å². The van der Waals surface area contributed by atoms with Crippen LogP contribution in [0.2, 0.25) is 5.02 Å². The summed E-state index contributed by atoms with van der Waals surface area (Å²) >= 11 is 6.29. The second kappa shape index (κ2) is 6.57. The van der Waals surface area contributed by atoms with Gasteiger partial charge in [-0.3, -0.25) is 9.78 Å². The molecule has 7 heteroatoms. The summed E-state index contributed by atoms with van der Waals surface area (Å²) in [7, 11) is 0. The van der Waals surface area contributed by atoms with E-state index in [1.807, 2.05) is 19.9 Å². The van der Waals surface area contributed by atoms with E-state index in [1.165, 1.54) is 4.57 Å². The Morgan fingerprint density at radius 2 is 2.08 bits per heavy atom. The molecule has 1 N–H and O–H groups in total. The van der Waals surface area contributed by atoms with Crippen LogP contribution in [0.3, 0.4) is 0 Å². The van der Waals surface area contributed by atoms with Crippen LogP contribution in [0.25, 0.3) is 11.1 Å². The van der Waals surface area contributed by atoms with E-state index in [-0.39, 0.29) is 17.6 Å². The zero-order valence-electron chi connectivity index (χ0n) is 13.4. The maximum absolute atomic E-state index is 12.6. The molecule has 0 spiro atoms. The number of oxazole rings is 1. The number of halogens is 1. The second-order valence-electron chi connectivity index (χ2n) is 5.31. The summed E-state index contributed by atoms with van der Waals surface area (Å²) in [6.07, 6.45) is 2.32. The van der Waals surface area contributed by atoms with Crippen LogP contribution in [0.4, 0.5) is 0 Å². The van der Waals surface area contributed by atoms with Gasteiger partial charge in [-0.25, -0.2) is 4.79 Å². The minimum absolute atomic E-state index is 0.171. The standard InChI is InChI=1S/C17H17ClN2O4/c1-3-10-8-20(16(21)14-15(10)24-17(22)19-14)9-11-12(18)6-5-7-13(11)23-4-2/h5-8H,3-4,9H2,1-2H3,(H,19,22). The number of rotatable bonds is 5. The number of fused-ring (bicyclic) bond motifs is 1. The zero-order chi connectivity index (χ0) is 17.3. The van der Waals surface area contributed by atoms with E-state index in [9.17, 15) is 9.59 Å². The van der Waals surface area contributed by atoms with Crippen LogP contribution in [0.15, 0.2) is 38.4 Å². The lowest BCUT2D eigenvalue weighted by Crippen LogP contribution is -2.22. The Bertz CT molecular complexity index is 1000. The molecule has 0 atom stereocenters. The molecule has 0 fully saturated rings. The molecule has 0 saturated carbocycles. The summed E-state index contributed by atoms with van der Waals surface area (Å²) in [6.45, 7) is 4.55. The van der Waals surface area contributed by atoms with Gasteiger partial charge in [-0.05, 0) is 25.5 Å². The minimum Gasteiger partial charge on any atom is -0.493 e. The van der Waals surface area contributed by atoms with Crippen LogP contribution in [0.5, 0.6) is 5.75 Å². The van der Waals surface area contributed by atoms with Gasteiger partial charge in [-0.2, -0.15) is 0 Å². The molecule has 126 valence electrons. The largest absolute Gasteiger partial charge is 0.493 e. The Morgan fingerprint density at radius 1 is 1.29 bits per heavy atom. The number of hydrogen-bond acceptors (Lipinski definition) is 4. The minimum atomic E-state index is -0.637. The molecular formula is C17H17ClN2O4. The first kappa shape index (κ1) is 16.4. The molecule has 0 saturated heterocycles. The molecule has 3 aromatic rings. The molecular weight excluding hydrogens is 332 g/mol. The number of aromatic nitrogens is 2. The Kier molecular flexibility index (Phi) is 4.49. The van der Waals surface area contributed by atoms with Crippen molar-refractivity contribution in [3.63, 3.8) is 0 Å². The van der Waals surface area contributed by atoms with Crippen molar-refractivity contribution in [2.75, 3.05) is 6.61 Å². The number of H-pyrrole nitrogens is 1. The van der Waals surface area contributed by atoms with E-state index in [0.717, 1.165) is 11.1 Å². The first-order valence-electron chi connectivity index (χ1n) is 7.70. The molecule has 0 unspecified atom stereocenters. The number of nitrogens with one attached hydrogen (secondary N) is 1. The van der Waals surface area contributed by atoms with Crippen molar-refractivity contribution in [3.8, 4) is 5.75 Å². The Morgan fingerprint density at radius 3 is 2.79 bits per heavy atom. The van der Waals surface area contributed by atoms with Crippen LogP contribution in [0, 0.1) is 0 Å². The van der Waals surface area contributed by atoms with Crippen LogP contribution in [-0.2, 0) is 13.0 Å². The third-order valence-corrected chi connectivity index (χ3v) is 4.17. The van der Waals surface area contributed by atoms with Gasteiger partial charge in [-0.15, -0.1) is 0 Å². The van der Waals surface area contributed by atoms with Gasteiger partial charge in [0.2, 0.25) is 0 Å². The second-order valence-corrected chi connectivity index (χ2v) is 5.72. The highest BCUT2D eigenvalue weighted by molar-refractivity contribution is 6.31.